The minimum absolute atomic E-state index is 0.273. The molecule has 1 aliphatic carbocycles. The second kappa shape index (κ2) is 4.09. The maximum atomic E-state index is 11.0. The van der Waals surface area contributed by atoms with Gasteiger partial charge < -0.3 is 0 Å². The first-order valence-corrected chi connectivity index (χ1v) is 5.50. The summed E-state index contributed by atoms with van der Waals surface area (Å²) in [5.41, 5.74) is 2.52. The van der Waals surface area contributed by atoms with E-state index in [9.17, 15) is 4.79 Å². The number of carbonyl (C=O) groups excluding carboxylic acids is 1. The van der Waals surface area contributed by atoms with Crippen molar-refractivity contribution in [3.05, 3.63) is 46.0 Å². The molecule has 0 heterocycles. The van der Waals surface area contributed by atoms with Crippen LogP contribution in [0.4, 0.5) is 0 Å². The first-order chi connectivity index (χ1) is 6.74. The largest absolute Gasteiger partial charge is 0.295 e. The Morgan fingerprint density at radius 1 is 1.29 bits per heavy atom. The highest BCUT2D eigenvalue weighted by atomic mass is 79.9. The minimum Gasteiger partial charge on any atom is -0.295 e. The third-order valence-electron chi connectivity index (χ3n) is 2.38. The quantitative estimate of drug-likeness (QED) is 0.788. The summed E-state index contributed by atoms with van der Waals surface area (Å²) in [5, 5.41) is 0. The predicted molar refractivity (Wildman–Crippen MR) is 60.2 cm³/mol. The van der Waals surface area contributed by atoms with E-state index in [1.807, 2.05) is 12.1 Å². The summed E-state index contributed by atoms with van der Waals surface area (Å²) in [6, 6.07) is 8.23. The molecule has 0 bridgehead atoms. The number of halogens is 1. The fourth-order valence-electron chi connectivity index (χ4n) is 1.70. The average Bonchev–Trinajstić information content (AvgIpc) is 2.51. The number of benzene rings is 1. The Balaban J connectivity index is 2.11. The lowest BCUT2D eigenvalue weighted by atomic mass is 10.1. The zero-order valence-electron chi connectivity index (χ0n) is 7.79. The molecule has 0 atom stereocenters. The van der Waals surface area contributed by atoms with Crippen LogP contribution in [-0.2, 0) is 11.2 Å². The van der Waals surface area contributed by atoms with Crippen LogP contribution in [0.2, 0.25) is 0 Å². The molecule has 0 aliphatic heterocycles. The molecule has 1 nitrogen and oxygen atoms in total. The summed E-state index contributed by atoms with van der Waals surface area (Å²) < 4.78 is 1.10. The molecule has 1 aliphatic rings. The van der Waals surface area contributed by atoms with Gasteiger partial charge in [0.25, 0.3) is 0 Å². The van der Waals surface area contributed by atoms with Gasteiger partial charge >= 0.3 is 0 Å². The van der Waals surface area contributed by atoms with E-state index in [0.717, 1.165) is 17.3 Å². The molecule has 1 aromatic carbocycles. The van der Waals surface area contributed by atoms with Crippen LogP contribution in [0.1, 0.15) is 18.4 Å². The Bertz CT molecular complexity index is 393. The molecule has 0 spiro atoms. The maximum absolute atomic E-state index is 11.0. The number of carbonyl (C=O) groups is 1. The standard InChI is InChI=1S/C12H11BrO/c13-11-3-1-2-9(7-11)6-10-4-5-12(14)8-10/h1-3,7-8H,4-6H2. The molecular weight excluding hydrogens is 240 g/mol. The molecule has 0 unspecified atom stereocenters. The van der Waals surface area contributed by atoms with Crippen molar-refractivity contribution in [2.75, 3.05) is 0 Å². The maximum Gasteiger partial charge on any atom is 0.155 e. The SMILES string of the molecule is O=C1C=C(Cc2cccc(Br)c2)CC1. The molecule has 0 amide bonds. The van der Waals surface area contributed by atoms with Crippen molar-refractivity contribution < 1.29 is 4.79 Å². The number of ketones is 1. The van der Waals surface area contributed by atoms with Gasteiger partial charge in [0.05, 0.1) is 0 Å². The Morgan fingerprint density at radius 2 is 2.14 bits per heavy atom. The summed E-state index contributed by atoms with van der Waals surface area (Å²) in [6.07, 6.45) is 4.33. The highest BCUT2D eigenvalue weighted by molar-refractivity contribution is 9.10. The van der Waals surface area contributed by atoms with E-state index < -0.39 is 0 Å². The van der Waals surface area contributed by atoms with Crippen LogP contribution in [-0.4, -0.2) is 5.78 Å². The topological polar surface area (TPSA) is 17.1 Å². The van der Waals surface area contributed by atoms with E-state index in [0.29, 0.717) is 6.42 Å². The van der Waals surface area contributed by atoms with Gasteiger partial charge in [-0.3, -0.25) is 4.79 Å². The molecular formula is C12H11BrO. The van der Waals surface area contributed by atoms with Gasteiger partial charge in [0.15, 0.2) is 5.78 Å². The molecule has 0 saturated carbocycles. The van der Waals surface area contributed by atoms with Crippen molar-refractivity contribution in [3.8, 4) is 0 Å². The molecule has 72 valence electrons. The van der Waals surface area contributed by atoms with E-state index in [4.69, 9.17) is 0 Å². The van der Waals surface area contributed by atoms with Gasteiger partial charge in [-0.25, -0.2) is 0 Å². The molecule has 0 N–H and O–H groups in total. The van der Waals surface area contributed by atoms with Gasteiger partial charge in [-0.2, -0.15) is 0 Å². The number of hydrogen-bond donors (Lipinski definition) is 0. The lowest BCUT2D eigenvalue weighted by Crippen LogP contribution is -1.87. The van der Waals surface area contributed by atoms with Crippen LogP contribution in [0.3, 0.4) is 0 Å². The van der Waals surface area contributed by atoms with Gasteiger partial charge in [-0.15, -0.1) is 0 Å². The lowest BCUT2D eigenvalue weighted by Gasteiger charge is -2.01. The summed E-state index contributed by atoms with van der Waals surface area (Å²) in [4.78, 5) is 11.0. The minimum atomic E-state index is 0.273. The lowest BCUT2D eigenvalue weighted by molar-refractivity contribution is -0.114. The van der Waals surface area contributed by atoms with Crippen molar-refractivity contribution in [2.45, 2.75) is 19.3 Å². The van der Waals surface area contributed by atoms with Crippen molar-refractivity contribution >= 4 is 21.7 Å². The molecule has 14 heavy (non-hydrogen) atoms. The average molecular weight is 251 g/mol. The first kappa shape index (κ1) is 9.66. The van der Waals surface area contributed by atoms with Crippen molar-refractivity contribution in [2.24, 2.45) is 0 Å². The third kappa shape index (κ3) is 2.32. The summed E-state index contributed by atoms with van der Waals surface area (Å²) in [7, 11) is 0. The van der Waals surface area contributed by atoms with Gasteiger partial charge in [0, 0.05) is 10.9 Å². The highest BCUT2D eigenvalue weighted by Gasteiger charge is 2.11. The fraction of sp³-hybridized carbons (Fsp3) is 0.250. The van der Waals surface area contributed by atoms with Crippen LogP contribution < -0.4 is 0 Å². The second-order valence-electron chi connectivity index (χ2n) is 3.58. The number of rotatable bonds is 2. The summed E-state index contributed by atoms with van der Waals surface area (Å²) >= 11 is 3.44. The van der Waals surface area contributed by atoms with Crippen molar-refractivity contribution in [1.29, 1.82) is 0 Å². The monoisotopic (exact) mass is 250 g/mol. The van der Waals surface area contributed by atoms with E-state index in [-0.39, 0.29) is 5.78 Å². The molecule has 2 heteroatoms. The fourth-order valence-corrected chi connectivity index (χ4v) is 2.15. The van der Waals surface area contributed by atoms with Crippen LogP contribution >= 0.6 is 15.9 Å². The van der Waals surface area contributed by atoms with Gasteiger partial charge in [0.1, 0.15) is 0 Å². The first-order valence-electron chi connectivity index (χ1n) is 4.71. The Morgan fingerprint density at radius 3 is 2.79 bits per heavy atom. The summed E-state index contributed by atoms with van der Waals surface area (Å²) in [6.45, 7) is 0. The molecule has 0 radical (unpaired) electrons. The second-order valence-corrected chi connectivity index (χ2v) is 4.49. The Labute approximate surface area is 92.0 Å². The normalized spacial score (nSPS) is 15.8. The molecule has 2 rings (SSSR count). The zero-order valence-corrected chi connectivity index (χ0v) is 9.38. The highest BCUT2D eigenvalue weighted by Crippen LogP contribution is 2.21. The van der Waals surface area contributed by atoms with E-state index in [1.165, 1.54) is 11.1 Å². The third-order valence-corrected chi connectivity index (χ3v) is 2.87. The molecule has 1 aromatic rings. The number of hydrogen-bond acceptors (Lipinski definition) is 1. The van der Waals surface area contributed by atoms with Crippen molar-refractivity contribution in [3.63, 3.8) is 0 Å². The molecule has 0 aromatic heterocycles. The van der Waals surface area contributed by atoms with Crippen LogP contribution in [0.15, 0.2) is 40.4 Å². The van der Waals surface area contributed by atoms with Gasteiger partial charge in [-0.05, 0) is 36.6 Å². The number of allylic oxidation sites excluding steroid dienone is 2. The van der Waals surface area contributed by atoms with Crippen LogP contribution in [0.25, 0.3) is 0 Å². The summed E-state index contributed by atoms with van der Waals surface area (Å²) in [5.74, 6) is 0.273. The van der Waals surface area contributed by atoms with Gasteiger partial charge in [0.2, 0.25) is 0 Å². The molecule has 0 fully saturated rings. The predicted octanol–water partition coefficient (Wildman–Crippen LogP) is 3.28. The van der Waals surface area contributed by atoms with Crippen LogP contribution in [0.5, 0.6) is 0 Å². The Kier molecular flexibility index (Phi) is 2.82. The van der Waals surface area contributed by atoms with Gasteiger partial charge in [-0.1, -0.05) is 33.6 Å². The van der Waals surface area contributed by atoms with Crippen LogP contribution in [0, 0.1) is 0 Å². The van der Waals surface area contributed by atoms with Crippen molar-refractivity contribution in [1.82, 2.24) is 0 Å². The van der Waals surface area contributed by atoms with E-state index in [1.54, 1.807) is 6.08 Å². The zero-order chi connectivity index (χ0) is 9.97. The molecule has 0 saturated heterocycles. The smallest absolute Gasteiger partial charge is 0.155 e. The Hall–Kier alpha value is -0.890. The van der Waals surface area contributed by atoms with E-state index >= 15 is 0 Å². The van der Waals surface area contributed by atoms with E-state index in [2.05, 4.69) is 28.1 Å².